The molecule has 1 aliphatic rings. The van der Waals surface area contributed by atoms with Gasteiger partial charge < -0.3 is 14.2 Å². The SMILES string of the molecule is CC(C)COC(=O)N1CCC(n2cnc(-c3ccc(F)cc3)c2-c2ccc3nc(CC(=O)c4ccnc(F)c4)cn3n2)CC1. The molecule has 6 rings (SSSR count). The summed E-state index contributed by atoms with van der Waals surface area (Å²) in [5.74, 6) is -1.09. The lowest BCUT2D eigenvalue weighted by Gasteiger charge is -2.32. The van der Waals surface area contributed by atoms with Crippen LogP contribution in [0.1, 0.15) is 48.8 Å². The van der Waals surface area contributed by atoms with E-state index in [1.165, 1.54) is 24.4 Å². The van der Waals surface area contributed by atoms with Gasteiger partial charge in [-0.3, -0.25) is 4.79 Å². The smallest absolute Gasteiger partial charge is 0.409 e. The number of imidazole rings is 2. The van der Waals surface area contributed by atoms with E-state index in [1.807, 2.05) is 26.0 Å². The molecule has 44 heavy (non-hydrogen) atoms. The number of amides is 1. The molecule has 0 spiro atoms. The molecule has 0 saturated carbocycles. The molecule has 1 fully saturated rings. The first kappa shape index (κ1) is 29.1. The second-order valence-corrected chi connectivity index (χ2v) is 11.3. The van der Waals surface area contributed by atoms with Gasteiger partial charge in [-0.15, -0.1) is 0 Å². The van der Waals surface area contributed by atoms with E-state index >= 15 is 0 Å². The van der Waals surface area contributed by atoms with Crippen molar-refractivity contribution in [2.75, 3.05) is 19.7 Å². The van der Waals surface area contributed by atoms with Crippen LogP contribution >= 0.6 is 0 Å². The van der Waals surface area contributed by atoms with Crippen LogP contribution in [-0.2, 0) is 11.2 Å². The van der Waals surface area contributed by atoms with Gasteiger partial charge in [-0.2, -0.15) is 9.49 Å². The Morgan fingerprint density at radius 3 is 2.52 bits per heavy atom. The number of likely N-dealkylation sites (tertiary alicyclic amines) is 1. The van der Waals surface area contributed by atoms with Gasteiger partial charge in [-0.05, 0) is 61.2 Å². The fourth-order valence-electron chi connectivity index (χ4n) is 5.35. The topological polar surface area (TPSA) is 108 Å². The average molecular weight is 600 g/mol. The number of aromatic nitrogens is 6. The number of fused-ring (bicyclic) bond motifs is 1. The molecule has 10 nitrogen and oxygen atoms in total. The van der Waals surface area contributed by atoms with Gasteiger partial charge >= 0.3 is 6.09 Å². The summed E-state index contributed by atoms with van der Waals surface area (Å²) < 4.78 is 36.4. The maximum Gasteiger partial charge on any atom is 0.409 e. The fourth-order valence-corrected chi connectivity index (χ4v) is 5.35. The molecular weight excluding hydrogens is 568 g/mol. The third-order valence-corrected chi connectivity index (χ3v) is 7.57. The van der Waals surface area contributed by atoms with Gasteiger partial charge in [-0.25, -0.2) is 28.7 Å². The number of carbonyl (C=O) groups excluding carboxylic acids is 2. The number of hydrogen-bond acceptors (Lipinski definition) is 7. The zero-order valence-corrected chi connectivity index (χ0v) is 24.4. The van der Waals surface area contributed by atoms with Gasteiger partial charge in [0.05, 0.1) is 42.6 Å². The highest BCUT2D eigenvalue weighted by Crippen LogP contribution is 2.35. The standard InChI is InChI=1S/C32H31F2N7O3/c1-20(2)18-44-32(43)39-13-10-25(11-14-39)40-19-36-30(21-3-5-23(33)6-4-21)31(40)26-7-8-29-37-24(17-41(29)38-26)16-27(42)22-9-12-35-28(34)15-22/h3-9,12,15,17,19-20,25H,10-11,13-14,16,18H2,1-2H3. The number of ketones is 1. The van der Waals surface area contributed by atoms with Crippen LogP contribution in [0, 0.1) is 17.7 Å². The Morgan fingerprint density at radius 1 is 1.02 bits per heavy atom. The van der Waals surface area contributed by atoms with Crippen molar-refractivity contribution < 1.29 is 23.1 Å². The maximum absolute atomic E-state index is 13.8. The molecule has 0 unspecified atom stereocenters. The number of hydrogen-bond donors (Lipinski definition) is 0. The van der Waals surface area contributed by atoms with Crippen molar-refractivity contribution >= 4 is 17.5 Å². The minimum absolute atomic E-state index is 0.0287. The number of halogens is 2. The van der Waals surface area contributed by atoms with E-state index in [0.717, 1.165) is 17.3 Å². The number of benzene rings is 1. The molecule has 1 aromatic carbocycles. The molecule has 1 saturated heterocycles. The number of ether oxygens (including phenoxy) is 1. The average Bonchev–Trinajstić information content (AvgIpc) is 3.64. The minimum atomic E-state index is -0.720. The first-order valence-corrected chi connectivity index (χ1v) is 14.5. The molecule has 4 aromatic heterocycles. The molecule has 5 aromatic rings. The Labute approximate surface area is 252 Å². The second kappa shape index (κ2) is 12.3. The molecule has 0 atom stereocenters. The minimum Gasteiger partial charge on any atom is -0.449 e. The van der Waals surface area contributed by atoms with Crippen LogP contribution < -0.4 is 0 Å². The molecular formula is C32H31F2N7O3. The molecule has 0 N–H and O–H groups in total. The number of pyridine rings is 1. The highest BCUT2D eigenvalue weighted by atomic mass is 19.1. The van der Waals surface area contributed by atoms with E-state index in [2.05, 4.69) is 14.5 Å². The molecule has 1 aliphatic heterocycles. The third kappa shape index (κ3) is 6.19. The van der Waals surface area contributed by atoms with E-state index < -0.39 is 5.95 Å². The predicted octanol–water partition coefficient (Wildman–Crippen LogP) is 5.79. The van der Waals surface area contributed by atoms with Crippen molar-refractivity contribution in [2.45, 2.75) is 39.2 Å². The largest absolute Gasteiger partial charge is 0.449 e. The van der Waals surface area contributed by atoms with Gasteiger partial charge in [0.25, 0.3) is 0 Å². The fraction of sp³-hybridized carbons (Fsp3) is 0.312. The van der Waals surface area contributed by atoms with Crippen molar-refractivity contribution in [1.29, 1.82) is 0 Å². The quantitative estimate of drug-likeness (QED) is 0.164. The number of piperidine rings is 1. The lowest BCUT2D eigenvalue weighted by atomic mass is 10.0. The number of rotatable bonds is 8. The molecule has 0 bridgehead atoms. The molecule has 0 aliphatic carbocycles. The van der Waals surface area contributed by atoms with Gasteiger partial charge in [0.2, 0.25) is 5.95 Å². The Bertz CT molecular complexity index is 1810. The Kier molecular flexibility index (Phi) is 8.14. The summed E-state index contributed by atoms with van der Waals surface area (Å²) in [5, 5.41) is 4.83. The molecule has 12 heteroatoms. The Morgan fingerprint density at radius 2 is 1.80 bits per heavy atom. The lowest BCUT2D eigenvalue weighted by Crippen LogP contribution is -2.39. The Hall–Kier alpha value is -5.00. The van der Waals surface area contributed by atoms with Crippen molar-refractivity contribution in [3.63, 3.8) is 0 Å². The second-order valence-electron chi connectivity index (χ2n) is 11.3. The van der Waals surface area contributed by atoms with Crippen LogP contribution in [-0.4, -0.2) is 65.6 Å². The van der Waals surface area contributed by atoms with E-state index in [0.29, 0.717) is 55.3 Å². The summed E-state index contributed by atoms with van der Waals surface area (Å²) in [6, 6.07) is 12.4. The summed E-state index contributed by atoms with van der Waals surface area (Å²) in [5.41, 5.74) is 3.98. The van der Waals surface area contributed by atoms with Gasteiger partial charge in [-0.1, -0.05) is 13.8 Å². The monoisotopic (exact) mass is 599 g/mol. The lowest BCUT2D eigenvalue weighted by molar-refractivity contribution is 0.0798. The summed E-state index contributed by atoms with van der Waals surface area (Å²) >= 11 is 0. The maximum atomic E-state index is 13.8. The van der Waals surface area contributed by atoms with Crippen LogP contribution in [0.5, 0.6) is 0 Å². The van der Waals surface area contributed by atoms with Crippen molar-refractivity contribution in [2.24, 2.45) is 5.92 Å². The zero-order valence-electron chi connectivity index (χ0n) is 24.4. The van der Waals surface area contributed by atoms with Crippen LogP contribution in [0.4, 0.5) is 13.6 Å². The van der Waals surface area contributed by atoms with Crippen molar-refractivity contribution in [3.05, 3.63) is 90.3 Å². The number of Topliss-reactive ketones (excluding diaryl/α,β-unsaturated/α-hetero) is 1. The third-order valence-electron chi connectivity index (χ3n) is 7.57. The van der Waals surface area contributed by atoms with Gasteiger partial charge in [0.15, 0.2) is 11.4 Å². The van der Waals surface area contributed by atoms with Crippen molar-refractivity contribution in [1.82, 2.24) is 34.0 Å². The number of nitrogens with zero attached hydrogens (tertiary/aromatic N) is 7. The van der Waals surface area contributed by atoms with Gasteiger partial charge in [0, 0.05) is 42.5 Å². The summed E-state index contributed by atoms with van der Waals surface area (Å²) in [4.78, 5) is 39.8. The summed E-state index contributed by atoms with van der Waals surface area (Å²) in [6.45, 7) is 5.46. The highest BCUT2D eigenvalue weighted by Gasteiger charge is 2.28. The predicted molar refractivity (Wildman–Crippen MR) is 158 cm³/mol. The van der Waals surface area contributed by atoms with E-state index in [-0.39, 0.29) is 41.6 Å². The first-order chi connectivity index (χ1) is 21.2. The van der Waals surface area contributed by atoms with E-state index in [4.69, 9.17) is 14.8 Å². The first-order valence-electron chi connectivity index (χ1n) is 14.5. The zero-order chi connectivity index (χ0) is 30.8. The van der Waals surface area contributed by atoms with E-state index in [9.17, 15) is 18.4 Å². The van der Waals surface area contributed by atoms with Gasteiger partial charge in [0.1, 0.15) is 11.5 Å². The van der Waals surface area contributed by atoms with Crippen molar-refractivity contribution in [3.8, 4) is 22.6 Å². The molecule has 0 radical (unpaired) electrons. The number of carbonyl (C=O) groups is 2. The summed E-state index contributed by atoms with van der Waals surface area (Å²) in [6.07, 6.45) is 5.75. The molecule has 226 valence electrons. The molecule has 5 heterocycles. The Balaban J connectivity index is 1.30. The van der Waals surface area contributed by atoms with Crippen LogP contribution in [0.15, 0.2) is 67.3 Å². The van der Waals surface area contributed by atoms with Crippen LogP contribution in [0.25, 0.3) is 28.3 Å². The van der Waals surface area contributed by atoms with Crippen LogP contribution in [0.2, 0.25) is 0 Å². The van der Waals surface area contributed by atoms with Crippen LogP contribution in [0.3, 0.4) is 0 Å². The summed E-state index contributed by atoms with van der Waals surface area (Å²) in [7, 11) is 0. The highest BCUT2D eigenvalue weighted by molar-refractivity contribution is 5.97. The normalized spacial score (nSPS) is 14.0. The molecule has 1 amide bonds. The van der Waals surface area contributed by atoms with E-state index in [1.54, 1.807) is 34.1 Å².